The third kappa shape index (κ3) is 3.83. The van der Waals surface area contributed by atoms with Crippen LogP contribution in [0.15, 0.2) is 89.9 Å². The van der Waals surface area contributed by atoms with Gasteiger partial charge >= 0.3 is 0 Å². The Kier molecular flexibility index (Phi) is 5.30. The summed E-state index contributed by atoms with van der Waals surface area (Å²) in [4.78, 5) is 27.8. The summed E-state index contributed by atoms with van der Waals surface area (Å²) in [5.41, 5.74) is 3.64. The van der Waals surface area contributed by atoms with Crippen molar-refractivity contribution in [2.45, 2.75) is 19.3 Å². The zero-order valence-corrected chi connectivity index (χ0v) is 18.9. The van der Waals surface area contributed by atoms with Crippen LogP contribution in [-0.2, 0) is 6.42 Å². The van der Waals surface area contributed by atoms with Crippen molar-refractivity contribution in [3.63, 3.8) is 0 Å². The number of nitrogens with one attached hydrogen (secondary N) is 1. The molecule has 0 unspecified atom stereocenters. The Balaban J connectivity index is 1.30. The molecule has 0 saturated carbocycles. The number of anilines is 1. The zero-order chi connectivity index (χ0) is 22.9. The minimum absolute atomic E-state index is 0.137. The third-order valence-electron chi connectivity index (χ3n) is 6.96. The van der Waals surface area contributed by atoms with E-state index in [-0.39, 0.29) is 5.56 Å². The molecule has 0 bridgehead atoms. The summed E-state index contributed by atoms with van der Waals surface area (Å²) < 4.78 is 0. The average Bonchev–Trinajstić information content (AvgIpc) is 2.89. The molecule has 1 saturated heterocycles. The molecule has 0 spiro atoms. The SMILES string of the molecule is O=c1[nH]c(N2CCC(Cc3ccccc3)CC2)nc2nccc(-c3cccc4ccccc34)c12. The molecule has 5 aromatic rings. The first kappa shape index (κ1) is 20.6. The highest BCUT2D eigenvalue weighted by Gasteiger charge is 2.22. The smallest absolute Gasteiger partial charge is 0.262 e. The van der Waals surface area contributed by atoms with Crippen LogP contribution in [0, 0.1) is 5.92 Å². The predicted molar refractivity (Wildman–Crippen MR) is 138 cm³/mol. The summed E-state index contributed by atoms with van der Waals surface area (Å²) in [5, 5.41) is 2.80. The highest BCUT2D eigenvalue weighted by Crippen LogP contribution is 2.32. The van der Waals surface area contributed by atoms with E-state index < -0.39 is 0 Å². The van der Waals surface area contributed by atoms with Crippen LogP contribution < -0.4 is 10.5 Å². The lowest BCUT2D eigenvalue weighted by atomic mass is 9.90. The maximum atomic E-state index is 13.3. The number of aromatic amines is 1. The van der Waals surface area contributed by atoms with Crippen molar-refractivity contribution < 1.29 is 0 Å². The van der Waals surface area contributed by atoms with Crippen LogP contribution in [0.5, 0.6) is 0 Å². The van der Waals surface area contributed by atoms with Gasteiger partial charge in [-0.3, -0.25) is 9.78 Å². The van der Waals surface area contributed by atoms with Crippen LogP contribution in [-0.4, -0.2) is 28.0 Å². The molecule has 1 N–H and O–H groups in total. The van der Waals surface area contributed by atoms with Gasteiger partial charge in [0.05, 0.1) is 5.39 Å². The first-order chi connectivity index (χ1) is 16.8. The minimum atomic E-state index is -0.137. The summed E-state index contributed by atoms with van der Waals surface area (Å²) in [7, 11) is 0. The lowest BCUT2D eigenvalue weighted by molar-refractivity contribution is 0.400. The van der Waals surface area contributed by atoms with E-state index in [1.54, 1.807) is 6.20 Å². The normalized spacial score (nSPS) is 14.6. The molecular weight excluding hydrogens is 420 g/mol. The number of fused-ring (bicyclic) bond motifs is 2. The number of benzene rings is 3. The second-order valence-corrected chi connectivity index (χ2v) is 9.09. The second-order valence-electron chi connectivity index (χ2n) is 9.09. The quantitative estimate of drug-likeness (QED) is 0.390. The van der Waals surface area contributed by atoms with Gasteiger partial charge < -0.3 is 4.90 Å². The summed E-state index contributed by atoms with van der Waals surface area (Å²) >= 11 is 0. The van der Waals surface area contributed by atoms with Crippen LogP contribution in [0.4, 0.5) is 5.95 Å². The Morgan fingerprint density at radius 1 is 0.853 bits per heavy atom. The number of pyridine rings is 1. The van der Waals surface area contributed by atoms with Crippen molar-refractivity contribution in [1.82, 2.24) is 15.0 Å². The van der Waals surface area contributed by atoms with Gasteiger partial charge in [0.25, 0.3) is 5.56 Å². The summed E-state index contributed by atoms with van der Waals surface area (Å²) in [5.74, 6) is 1.28. The molecule has 5 heteroatoms. The van der Waals surface area contributed by atoms with E-state index >= 15 is 0 Å². The van der Waals surface area contributed by atoms with Gasteiger partial charge in [-0.05, 0) is 53.1 Å². The van der Waals surface area contributed by atoms with Gasteiger partial charge in [-0.2, -0.15) is 4.98 Å². The number of nitrogens with zero attached hydrogens (tertiary/aromatic N) is 3. The minimum Gasteiger partial charge on any atom is -0.342 e. The maximum absolute atomic E-state index is 13.3. The van der Waals surface area contributed by atoms with Gasteiger partial charge in [-0.1, -0.05) is 72.8 Å². The van der Waals surface area contributed by atoms with Crippen LogP contribution in [0.3, 0.4) is 0 Å². The number of aromatic nitrogens is 3. The van der Waals surface area contributed by atoms with Gasteiger partial charge in [-0.15, -0.1) is 0 Å². The number of hydrogen-bond donors (Lipinski definition) is 1. The molecule has 34 heavy (non-hydrogen) atoms. The van der Waals surface area contributed by atoms with Crippen LogP contribution in [0.1, 0.15) is 18.4 Å². The molecule has 3 aromatic carbocycles. The molecule has 3 heterocycles. The number of H-pyrrole nitrogens is 1. The molecule has 6 rings (SSSR count). The first-order valence-corrected chi connectivity index (χ1v) is 11.9. The Bertz CT molecular complexity index is 1510. The van der Waals surface area contributed by atoms with Crippen molar-refractivity contribution in [1.29, 1.82) is 0 Å². The largest absolute Gasteiger partial charge is 0.342 e. The van der Waals surface area contributed by atoms with Crippen molar-refractivity contribution >= 4 is 27.8 Å². The summed E-state index contributed by atoms with van der Waals surface area (Å²) in [6, 6.07) is 27.0. The van der Waals surface area contributed by atoms with Gasteiger partial charge in [0, 0.05) is 24.8 Å². The van der Waals surface area contributed by atoms with Crippen LogP contribution >= 0.6 is 0 Å². The Morgan fingerprint density at radius 2 is 1.62 bits per heavy atom. The molecule has 1 aliphatic heterocycles. The molecule has 0 aliphatic carbocycles. The first-order valence-electron chi connectivity index (χ1n) is 11.9. The summed E-state index contributed by atoms with van der Waals surface area (Å²) in [6.45, 7) is 1.77. The fourth-order valence-electron chi connectivity index (χ4n) is 5.18. The standard InChI is InChI=1S/C29H26N4O/c34-28-26-25(24-12-6-10-22-9-4-5-11-23(22)24)13-16-30-27(26)31-29(32-28)33-17-14-21(15-18-33)19-20-7-2-1-3-8-20/h1-13,16,21H,14-15,17-19H2,(H,30,31,32,34). The lowest BCUT2D eigenvalue weighted by Gasteiger charge is -2.32. The Hall–Kier alpha value is -3.99. The van der Waals surface area contributed by atoms with E-state index in [0.29, 0.717) is 22.9 Å². The van der Waals surface area contributed by atoms with Crippen molar-refractivity contribution in [3.05, 3.63) is 101 Å². The van der Waals surface area contributed by atoms with Gasteiger partial charge in [0.1, 0.15) is 0 Å². The van der Waals surface area contributed by atoms with Crippen molar-refractivity contribution in [2.75, 3.05) is 18.0 Å². The molecule has 0 radical (unpaired) electrons. The number of rotatable bonds is 4. The zero-order valence-electron chi connectivity index (χ0n) is 18.9. The fourth-order valence-corrected chi connectivity index (χ4v) is 5.18. The van der Waals surface area contributed by atoms with E-state index in [1.165, 1.54) is 5.56 Å². The molecule has 5 nitrogen and oxygen atoms in total. The predicted octanol–water partition coefficient (Wildman–Crippen LogP) is 5.60. The van der Waals surface area contributed by atoms with Gasteiger partial charge in [0.2, 0.25) is 5.95 Å². The number of hydrogen-bond acceptors (Lipinski definition) is 4. The highest BCUT2D eigenvalue weighted by atomic mass is 16.1. The Labute approximate surface area is 198 Å². The van der Waals surface area contributed by atoms with E-state index in [1.807, 2.05) is 24.3 Å². The van der Waals surface area contributed by atoms with Crippen LogP contribution in [0.2, 0.25) is 0 Å². The summed E-state index contributed by atoms with van der Waals surface area (Å²) in [6.07, 6.45) is 5.02. The molecule has 2 aromatic heterocycles. The van der Waals surface area contributed by atoms with E-state index in [9.17, 15) is 4.79 Å². The molecule has 0 amide bonds. The monoisotopic (exact) mass is 446 g/mol. The molecule has 168 valence electrons. The van der Waals surface area contributed by atoms with E-state index in [4.69, 9.17) is 4.98 Å². The van der Waals surface area contributed by atoms with Crippen molar-refractivity contribution in [2.24, 2.45) is 5.92 Å². The molecule has 1 aliphatic rings. The fraction of sp³-hybridized carbons (Fsp3) is 0.207. The van der Waals surface area contributed by atoms with E-state index in [2.05, 4.69) is 69.5 Å². The molecule has 0 atom stereocenters. The van der Waals surface area contributed by atoms with Crippen molar-refractivity contribution in [3.8, 4) is 11.1 Å². The lowest BCUT2D eigenvalue weighted by Crippen LogP contribution is -2.36. The Morgan fingerprint density at radius 3 is 2.47 bits per heavy atom. The maximum Gasteiger partial charge on any atom is 0.262 e. The topological polar surface area (TPSA) is 61.9 Å². The molecular formula is C29H26N4O. The third-order valence-corrected chi connectivity index (χ3v) is 6.96. The van der Waals surface area contributed by atoms with Gasteiger partial charge in [-0.25, -0.2) is 4.98 Å². The average molecular weight is 447 g/mol. The van der Waals surface area contributed by atoms with Gasteiger partial charge in [0.15, 0.2) is 5.65 Å². The highest BCUT2D eigenvalue weighted by molar-refractivity contribution is 6.03. The van der Waals surface area contributed by atoms with E-state index in [0.717, 1.165) is 54.3 Å². The van der Waals surface area contributed by atoms with Crippen LogP contribution in [0.25, 0.3) is 32.9 Å². The second kappa shape index (κ2) is 8.75. The molecule has 1 fully saturated rings. The number of piperidine rings is 1.